The van der Waals surface area contributed by atoms with Crippen LogP contribution in [0.15, 0.2) is 0 Å². The molecule has 0 aromatic rings. The van der Waals surface area contributed by atoms with E-state index >= 15 is 0 Å². The number of nitrogens with zero attached hydrogens (tertiary/aromatic N) is 1. The van der Waals surface area contributed by atoms with E-state index in [1.54, 1.807) is 0 Å². The van der Waals surface area contributed by atoms with Crippen molar-refractivity contribution in [2.75, 3.05) is 26.2 Å². The van der Waals surface area contributed by atoms with E-state index in [1.807, 2.05) is 11.8 Å². The van der Waals surface area contributed by atoms with Gasteiger partial charge in [0.1, 0.15) is 0 Å². The van der Waals surface area contributed by atoms with Crippen LogP contribution in [-0.4, -0.2) is 48.1 Å². The fourth-order valence-corrected chi connectivity index (χ4v) is 3.49. The first-order chi connectivity index (χ1) is 9.49. The lowest BCUT2D eigenvalue weighted by Crippen LogP contribution is -2.46. The Hall–Kier alpha value is -1.10. The number of carboxylic acid groups (broad SMARTS) is 1. The fraction of sp³-hybridized carbons (Fsp3) is 0.867. The first-order valence-corrected chi connectivity index (χ1v) is 7.70. The van der Waals surface area contributed by atoms with E-state index in [2.05, 4.69) is 12.2 Å². The van der Waals surface area contributed by atoms with Crippen LogP contribution < -0.4 is 5.32 Å². The van der Waals surface area contributed by atoms with Gasteiger partial charge in [-0.25, -0.2) is 0 Å². The molecule has 0 radical (unpaired) electrons. The number of nitrogens with one attached hydrogen (secondary N) is 1. The van der Waals surface area contributed by atoms with Gasteiger partial charge in [0.2, 0.25) is 5.91 Å². The van der Waals surface area contributed by atoms with Crippen LogP contribution in [0.1, 0.15) is 33.1 Å². The molecule has 0 spiro atoms. The second kappa shape index (κ2) is 6.57. The molecule has 0 aromatic heterocycles. The number of carbonyl (C=O) groups is 2. The highest BCUT2D eigenvalue weighted by molar-refractivity contribution is 5.80. The summed E-state index contributed by atoms with van der Waals surface area (Å²) in [6.07, 6.45) is 2.24. The van der Waals surface area contributed by atoms with E-state index in [9.17, 15) is 9.59 Å². The molecule has 2 rings (SSSR count). The maximum atomic E-state index is 12.6. The molecule has 1 amide bonds. The summed E-state index contributed by atoms with van der Waals surface area (Å²) in [6, 6.07) is 0. The van der Waals surface area contributed by atoms with Crippen LogP contribution in [-0.2, 0) is 9.59 Å². The van der Waals surface area contributed by atoms with E-state index in [0.29, 0.717) is 11.8 Å². The van der Waals surface area contributed by atoms with Gasteiger partial charge in [0.25, 0.3) is 0 Å². The zero-order chi connectivity index (χ0) is 14.7. The van der Waals surface area contributed by atoms with Gasteiger partial charge in [-0.15, -0.1) is 0 Å². The maximum absolute atomic E-state index is 12.6. The largest absolute Gasteiger partial charge is 0.481 e. The van der Waals surface area contributed by atoms with Gasteiger partial charge in [-0.05, 0) is 37.1 Å². The number of piperidine rings is 1. The minimum Gasteiger partial charge on any atom is -0.481 e. The van der Waals surface area contributed by atoms with Crippen LogP contribution in [0.4, 0.5) is 0 Å². The number of hydrogen-bond acceptors (Lipinski definition) is 3. The highest BCUT2D eigenvalue weighted by atomic mass is 16.4. The third-order valence-corrected chi connectivity index (χ3v) is 4.91. The second-order valence-electron chi connectivity index (χ2n) is 6.50. The molecule has 2 aliphatic heterocycles. The molecule has 2 fully saturated rings. The summed E-state index contributed by atoms with van der Waals surface area (Å²) in [5.74, 6) is 0.489. The zero-order valence-electron chi connectivity index (χ0n) is 12.5. The molecule has 4 atom stereocenters. The minimum absolute atomic E-state index is 0.100. The van der Waals surface area contributed by atoms with Gasteiger partial charge >= 0.3 is 5.97 Å². The first-order valence-electron chi connectivity index (χ1n) is 7.70. The van der Waals surface area contributed by atoms with Gasteiger partial charge in [0.15, 0.2) is 0 Å². The Morgan fingerprint density at radius 2 is 2.15 bits per heavy atom. The number of likely N-dealkylation sites (tertiary alicyclic amines) is 1. The van der Waals surface area contributed by atoms with Gasteiger partial charge in [0, 0.05) is 26.1 Å². The minimum atomic E-state index is -0.741. The van der Waals surface area contributed by atoms with Crippen molar-refractivity contribution in [2.24, 2.45) is 23.7 Å². The lowest BCUT2D eigenvalue weighted by Gasteiger charge is -2.37. The molecule has 2 N–H and O–H groups in total. The number of aliphatic carboxylic acids is 1. The summed E-state index contributed by atoms with van der Waals surface area (Å²) < 4.78 is 0. The summed E-state index contributed by atoms with van der Waals surface area (Å²) in [7, 11) is 0. The van der Waals surface area contributed by atoms with Crippen molar-refractivity contribution < 1.29 is 14.7 Å². The molecular weight excluding hydrogens is 256 g/mol. The zero-order valence-corrected chi connectivity index (χ0v) is 12.5. The van der Waals surface area contributed by atoms with Crippen LogP contribution in [0.3, 0.4) is 0 Å². The number of carbonyl (C=O) groups excluding carboxylic acids is 1. The Morgan fingerprint density at radius 3 is 2.75 bits per heavy atom. The van der Waals surface area contributed by atoms with Crippen molar-refractivity contribution in [3.8, 4) is 0 Å². The lowest BCUT2D eigenvalue weighted by molar-refractivity contribution is -0.139. The summed E-state index contributed by atoms with van der Waals surface area (Å²) in [5, 5.41) is 12.2. The van der Waals surface area contributed by atoms with E-state index in [0.717, 1.165) is 39.0 Å². The van der Waals surface area contributed by atoms with Crippen molar-refractivity contribution in [3.63, 3.8) is 0 Å². The predicted molar refractivity (Wildman–Crippen MR) is 76.2 cm³/mol. The molecule has 0 aromatic carbocycles. The molecule has 0 bridgehead atoms. The third kappa shape index (κ3) is 3.51. The number of amides is 1. The topological polar surface area (TPSA) is 69.6 Å². The Morgan fingerprint density at radius 1 is 1.40 bits per heavy atom. The second-order valence-corrected chi connectivity index (χ2v) is 6.50. The SMILES string of the molecule is CC(CC(=O)O)C1CCCN(C(=O)C2CNCC2C)C1. The first kappa shape index (κ1) is 15.3. The molecule has 20 heavy (non-hydrogen) atoms. The predicted octanol–water partition coefficient (Wildman–Crippen LogP) is 1.19. The molecule has 0 aliphatic carbocycles. The van der Waals surface area contributed by atoms with Gasteiger partial charge in [-0.1, -0.05) is 13.8 Å². The van der Waals surface area contributed by atoms with Crippen molar-refractivity contribution in [1.82, 2.24) is 10.2 Å². The molecule has 114 valence electrons. The number of hydrogen-bond donors (Lipinski definition) is 2. The quantitative estimate of drug-likeness (QED) is 0.812. The average Bonchev–Trinajstić information content (AvgIpc) is 2.83. The highest BCUT2D eigenvalue weighted by Crippen LogP contribution is 2.28. The van der Waals surface area contributed by atoms with E-state index in [1.165, 1.54) is 0 Å². The maximum Gasteiger partial charge on any atom is 0.303 e. The Kier molecular flexibility index (Phi) is 5.02. The van der Waals surface area contributed by atoms with Crippen LogP contribution in [0.5, 0.6) is 0 Å². The Labute approximate surface area is 120 Å². The summed E-state index contributed by atoms with van der Waals surface area (Å²) in [4.78, 5) is 25.4. The summed E-state index contributed by atoms with van der Waals surface area (Å²) in [5.41, 5.74) is 0. The smallest absolute Gasteiger partial charge is 0.303 e. The van der Waals surface area contributed by atoms with Gasteiger partial charge < -0.3 is 15.3 Å². The molecular formula is C15H26N2O3. The molecule has 2 saturated heterocycles. The van der Waals surface area contributed by atoms with Gasteiger partial charge in [-0.2, -0.15) is 0 Å². The summed E-state index contributed by atoms with van der Waals surface area (Å²) in [6.45, 7) is 7.38. The normalized spacial score (nSPS) is 32.1. The van der Waals surface area contributed by atoms with Crippen LogP contribution in [0, 0.1) is 23.7 Å². The standard InChI is InChI=1S/C15H26N2O3/c1-10(6-14(18)19)12-4-3-5-17(9-12)15(20)13-8-16-7-11(13)2/h10-13,16H,3-9H2,1-2H3,(H,18,19). The average molecular weight is 282 g/mol. The Bertz CT molecular complexity index is 372. The lowest BCUT2D eigenvalue weighted by atomic mass is 9.84. The van der Waals surface area contributed by atoms with Crippen molar-refractivity contribution in [3.05, 3.63) is 0 Å². The van der Waals surface area contributed by atoms with Crippen LogP contribution >= 0.6 is 0 Å². The van der Waals surface area contributed by atoms with Crippen LogP contribution in [0.25, 0.3) is 0 Å². The van der Waals surface area contributed by atoms with Gasteiger partial charge in [0.05, 0.1) is 5.92 Å². The van der Waals surface area contributed by atoms with Crippen molar-refractivity contribution in [1.29, 1.82) is 0 Å². The van der Waals surface area contributed by atoms with Crippen LogP contribution in [0.2, 0.25) is 0 Å². The molecule has 4 unspecified atom stereocenters. The molecule has 0 saturated carbocycles. The number of rotatable bonds is 4. The molecule has 5 heteroatoms. The fourth-order valence-electron chi connectivity index (χ4n) is 3.49. The highest BCUT2D eigenvalue weighted by Gasteiger charge is 2.35. The monoisotopic (exact) mass is 282 g/mol. The third-order valence-electron chi connectivity index (χ3n) is 4.91. The Balaban J connectivity index is 1.92. The van der Waals surface area contributed by atoms with E-state index in [4.69, 9.17) is 5.11 Å². The van der Waals surface area contributed by atoms with Crippen molar-refractivity contribution >= 4 is 11.9 Å². The van der Waals surface area contributed by atoms with E-state index in [-0.39, 0.29) is 24.2 Å². The van der Waals surface area contributed by atoms with Crippen molar-refractivity contribution in [2.45, 2.75) is 33.1 Å². The molecule has 2 aliphatic rings. The number of carboxylic acids is 1. The van der Waals surface area contributed by atoms with E-state index < -0.39 is 5.97 Å². The van der Waals surface area contributed by atoms with Gasteiger partial charge in [-0.3, -0.25) is 9.59 Å². The summed E-state index contributed by atoms with van der Waals surface area (Å²) >= 11 is 0. The molecule has 5 nitrogen and oxygen atoms in total. The molecule has 2 heterocycles.